The molecule has 0 spiro atoms. The summed E-state index contributed by atoms with van der Waals surface area (Å²) < 4.78 is 0. The van der Waals surface area contributed by atoms with Crippen molar-refractivity contribution in [2.45, 2.75) is 11.7 Å². The molecular weight excluding hydrogens is 167 g/mol. The van der Waals surface area contributed by atoms with E-state index in [2.05, 4.69) is 16.0 Å². The van der Waals surface area contributed by atoms with Crippen LogP contribution in [0.4, 0.5) is 0 Å². The van der Waals surface area contributed by atoms with Gasteiger partial charge in [-0.1, -0.05) is 0 Å². The van der Waals surface area contributed by atoms with Crippen LogP contribution in [-0.4, -0.2) is 16.0 Å². The van der Waals surface area contributed by atoms with Crippen LogP contribution in [-0.2, 0) is 0 Å². The molecule has 0 amide bonds. The number of hydrogen-bond acceptors (Lipinski definition) is 2. The van der Waals surface area contributed by atoms with Gasteiger partial charge in [-0.3, -0.25) is 0 Å². The fourth-order valence-electron chi connectivity index (χ4n) is 0.276. The molecule has 0 N–H and O–H groups in total. The monoisotopic (exact) mass is 173 g/mol. The summed E-state index contributed by atoms with van der Waals surface area (Å²) in [4.78, 5) is 0. The van der Waals surface area contributed by atoms with E-state index in [0.717, 1.165) is 5.32 Å². The molecule has 0 atom stereocenters. The van der Waals surface area contributed by atoms with Gasteiger partial charge in [0.15, 0.2) is 0 Å². The minimum absolute atomic E-state index is 0.420. The van der Waals surface area contributed by atoms with Crippen LogP contribution in [0.1, 0.15) is 6.42 Å². The van der Waals surface area contributed by atoms with Crippen LogP contribution in [0, 0.1) is 28.6 Å². The Morgan fingerprint density at radius 1 is 1.38 bits per heavy atom. The molecule has 0 aliphatic heterocycles. The number of nitrogens with zero attached hydrogens (tertiary/aromatic N) is 2. The molecule has 0 saturated carbocycles. The molecule has 0 bridgehead atoms. The van der Waals surface area contributed by atoms with Crippen molar-refractivity contribution < 1.29 is 0 Å². The second kappa shape index (κ2) is 4.65. The Balaban J connectivity index is 3.46. The summed E-state index contributed by atoms with van der Waals surface area (Å²) in [6, 6.07) is 3.74. The van der Waals surface area contributed by atoms with Crippen LogP contribution in [0.25, 0.3) is 0 Å². The summed E-state index contributed by atoms with van der Waals surface area (Å²) >= 11 is 2.74. The zero-order valence-electron chi connectivity index (χ0n) is 4.29. The summed E-state index contributed by atoms with van der Waals surface area (Å²) in [5.41, 5.74) is 0. The first kappa shape index (κ1) is 7.50. The van der Waals surface area contributed by atoms with Crippen LogP contribution in [0.5, 0.6) is 0 Å². The van der Waals surface area contributed by atoms with E-state index in [1.807, 2.05) is 12.1 Å². The van der Waals surface area contributed by atoms with Crippen LogP contribution < -0.4 is 0 Å². The Kier molecular flexibility index (Phi) is 4.36. The number of rotatable bonds is 2. The van der Waals surface area contributed by atoms with Gasteiger partial charge < -0.3 is 0 Å². The molecule has 0 heterocycles. The number of nitriles is 2. The van der Waals surface area contributed by atoms with Crippen molar-refractivity contribution in [3.63, 3.8) is 0 Å². The van der Waals surface area contributed by atoms with Crippen molar-refractivity contribution in [2.75, 3.05) is 0 Å². The Morgan fingerprint density at radius 2 is 1.88 bits per heavy atom. The summed E-state index contributed by atoms with van der Waals surface area (Å²) in [7, 11) is 0. The summed E-state index contributed by atoms with van der Waals surface area (Å²) in [6.45, 7) is 0. The van der Waals surface area contributed by atoms with E-state index in [0.29, 0.717) is 6.42 Å². The predicted molar refractivity (Wildman–Crippen MR) is 29.9 cm³/mol. The van der Waals surface area contributed by atoms with E-state index >= 15 is 0 Å². The predicted octanol–water partition coefficient (Wildman–Crippen LogP) is 0.627. The first-order valence-electron chi connectivity index (χ1n) is 2.22. The van der Waals surface area contributed by atoms with Gasteiger partial charge in [0.05, 0.1) is 0 Å². The molecule has 2 nitrogen and oxygen atoms in total. The SMILES string of the molecule is N#CC(C#N)CC[Se]. The number of hydrogen-bond donors (Lipinski definition) is 0. The summed E-state index contributed by atoms with van der Waals surface area (Å²) in [6.07, 6.45) is 0.646. The van der Waals surface area contributed by atoms with Gasteiger partial charge in [-0.05, 0) is 0 Å². The normalized spacial score (nSPS) is 8.00. The van der Waals surface area contributed by atoms with Crippen LogP contribution >= 0.6 is 0 Å². The summed E-state index contributed by atoms with van der Waals surface area (Å²) in [5, 5.41) is 17.1. The van der Waals surface area contributed by atoms with Gasteiger partial charge in [-0.15, -0.1) is 0 Å². The van der Waals surface area contributed by atoms with E-state index in [9.17, 15) is 0 Å². The van der Waals surface area contributed by atoms with Crippen LogP contribution in [0.3, 0.4) is 0 Å². The average molecular weight is 172 g/mol. The van der Waals surface area contributed by atoms with Crippen molar-refractivity contribution in [2.24, 2.45) is 5.92 Å². The molecule has 0 aromatic heterocycles. The van der Waals surface area contributed by atoms with Gasteiger partial charge in [0.25, 0.3) is 0 Å². The van der Waals surface area contributed by atoms with Crippen molar-refractivity contribution in [1.29, 1.82) is 10.5 Å². The molecule has 0 aliphatic rings. The molecule has 0 rings (SSSR count). The average Bonchev–Trinajstić information content (AvgIpc) is 1.83. The van der Waals surface area contributed by atoms with Crippen molar-refractivity contribution in [3.05, 3.63) is 0 Å². The van der Waals surface area contributed by atoms with Crippen molar-refractivity contribution >= 4 is 16.0 Å². The molecule has 0 aromatic carbocycles. The molecule has 3 heteroatoms. The van der Waals surface area contributed by atoms with Crippen LogP contribution in [0.2, 0.25) is 5.32 Å². The Hall–Kier alpha value is -0.501. The minimum atomic E-state index is -0.420. The third-order valence-corrected chi connectivity index (χ3v) is 1.21. The molecule has 1 radical (unpaired) electrons. The molecular formula is C5H5N2Se. The maximum atomic E-state index is 8.17. The van der Waals surface area contributed by atoms with E-state index in [4.69, 9.17) is 10.5 Å². The molecule has 0 aromatic rings. The molecule has 41 valence electrons. The van der Waals surface area contributed by atoms with E-state index < -0.39 is 5.92 Å². The second-order valence-electron chi connectivity index (χ2n) is 1.30. The Morgan fingerprint density at radius 3 is 2.00 bits per heavy atom. The zero-order chi connectivity index (χ0) is 6.41. The second-order valence-corrected chi connectivity index (χ2v) is 2.16. The quantitative estimate of drug-likeness (QED) is 0.573. The van der Waals surface area contributed by atoms with E-state index in [1.165, 1.54) is 0 Å². The van der Waals surface area contributed by atoms with Gasteiger partial charge in [-0.2, -0.15) is 0 Å². The Bertz CT molecular complexity index is 116. The first-order valence-corrected chi connectivity index (χ1v) is 3.43. The van der Waals surface area contributed by atoms with Crippen LogP contribution in [0.15, 0.2) is 0 Å². The van der Waals surface area contributed by atoms with Gasteiger partial charge >= 0.3 is 56.3 Å². The van der Waals surface area contributed by atoms with Crippen molar-refractivity contribution in [3.8, 4) is 12.1 Å². The fraction of sp³-hybridized carbons (Fsp3) is 0.600. The molecule has 0 aliphatic carbocycles. The molecule has 8 heavy (non-hydrogen) atoms. The topological polar surface area (TPSA) is 47.6 Å². The van der Waals surface area contributed by atoms with E-state index in [1.54, 1.807) is 0 Å². The standard InChI is InChI=1S/C5H5N2Se/c6-3-5(4-7)1-2-8/h5H,1-2H2. The third-order valence-electron chi connectivity index (χ3n) is 0.718. The maximum absolute atomic E-state index is 8.17. The van der Waals surface area contributed by atoms with Gasteiger partial charge in [0.1, 0.15) is 0 Å². The van der Waals surface area contributed by atoms with Gasteiger partial charge in [-0.25, -0.2) is 0 Å². The van der Waals surface area contributed by atoms with Gasteiger partial charge in [0.2, 0.25) is 0 Å². The first-order chi connectivity index (χ1) is 3.85. The molecule has 0 fully saturated rings. The fourth-order valence-corrected chi connectivity index (χ4v) is 0.770. The molecule has 0 unspecified atom stereocenters. The third kappa shape index (κ3) is 2.64. The Labute approximate surface area is 56.9 Å². The van der Waals surface area contributed by atoms with Crippen molar-refractivity contribution in [1.82, 2.24) is 0 Å². The molecule has 0 saturated heterocycles. The summed E-state index contributed by atoms with van der Waals surface area (Å²) in [5.74, 6) is -0.420. The van der Waals surface area contributed by atoms with Gasteiger partial charge in [0, 0.05) is 0 Å². The van der Waals surface area contributed by atoms with E-state index in [-0.39, 0.29) is 0 Å². The zero-order valence-corrected chi connectivity index (χ0v) is 6.01.